The molecule has 0 radical (unpaired) electrons. The van der Waals surface area contributed by atoms with Crippen molar-refractivity contribution in [3.05, 3.63) is 29.8 Å². The van der Waals surface area contributed by atoms with Gasteiger partial charge in [-0.15, -0.1) is 12.4 Å². The molecule has 74 valence electrons. The third-order valence-corrected chi connectivity index (χ3v) is 2.13. The van der Waals surface area contributed by atoms with Crippen LogP contribution in [0.3, 0.4) is 0 Å². The number of hydrogen-bond donors (Lipinski definition) is 1. The lowest BCUT2D eigenvalue weighted by atomic mass is 10.1. The maximum atomic E-state index is 9.23. The third-order valence-electron chi connectivity index (χ3n) is 2.13. The molecule has 13 heavy (non-hydrogen) atoms. The second-order valence-corrected chi connectivity index (χ2v) is 3.23. The first-order chi connectivity index (χ1) is 5.61. The van der Waals surface area contributed by atoms with E-state index >= 15 is 0 Å². The van der Waals surface area contributed by atoms with E-state index in [9.17, 15) is 5.11 Å². The Bertz CT molecular complexity index is 263. The van der Waals surface area contributed by atoms with Crippen LogP contribution in [0.15, 0.2) is 24.3 Å². The maximum absolute atomic E-state index is 9.23. The molecule has 3 heteroatoms. The summed E-state index contributed by atoms with van der Waals surface area (Å²) >= 11 is 0. The van der Waals surface area contributed by atoms with Crippen molar-refractivity contribution in [1.82, 2.24) is 4.90 Å². The summed E-state index contributed by atoms with van der Waals surface area (Å²) < 4.78 is 0. The Kier molecular flexibility index (Phi) is 4.81. The molecule has 1 atom stereocenters. The summed E-state index contributed by atoms with van der Waals surface area (Å²) in [5.74, 6) is 0.334. The molecule has 1 N–H and O–H groups in total. The average molecular weight is 202 g/mol. The van der Waals surface area contributed by atoms with E-state index in [1.54, 1.807) is 12.1 Å². The minimum Gasteiger partial charge on any atom is -0.508 e. The van der Waals surface area contributed by atoms with Crippen LogP contribution < -0.4 is 0 Å². The number of phenols is 1. The molecule has 0 unspecified atom stereocenters. The molecule has 0 aliphatic heterocycles. The van der Waals surface area contributed by atoms with Gasteiger partial charge < -0.3 is 10.0 Å². The maximum Gasteiger partial charge on any atom is 0.115 e. The summed E-state index contributed by atoms with van der Waals surface area (Å²) in [5, 5.41) is 9.23. The van der Waals surface area contributed by atoms with Gasteiger partial charge in [-0.2, -0.15) is 0 Å². The molecule has 0 heterocycles. The Balaban J connectivity index is 0.00000144. The molecular formula is C10H16ClNO. The molecule has 1 aromatic rings. The van der Waals surface area contributed by atoms with Crippen molar-refractivity contribution in [1.29, 1.82) is 0 Å². The zero-order valence-electron chi connectivity index (χ0n) is 8.19. The van der Waals surface area contributed by atoms with Gasteiger partial charge in [0.25, 0.3) is 0 Å². The largest absolute Gasteiger partial charge is 0.508 e. The van der Waals surface area contributed by atoms with Gasteiger partial charge >= 0.3 is 0 Å². The van der Waals surface area contributed by atoms with Crippen LogP contribution in [0.5, 0.6) is 5.75 Å². The summed E-state index contributed by atoms with van der Waals surface area (Å²) in [5.41, 5.74) is 1.14. The number of phenolic OH excluding ortho intramolecular Hbond substituents is 1. The number of rotatable bonds is 2. The van der Waals surface area contributed by atoms with Crippen molar-refractivity contribution in [2.75, 3.05) is 14.1 Å². The van der Waals surface area contributed by atoms with Gasteiger partial charge in [-0.25, -0.2) is 0 Å². The fourth-order valence-corrected chi connectivity index (χ4v) is 1.08. The predicted molar refractivity (Wildman–Crippen MR) is 57.5 cm³/mol. The first-order valence-corrected chi connectivity index (χ1v) is 4.06. The van der Waals surface area contributed by atoms with E-state index in [1.807, 2.05) is 26.2 Å². The number of nitrogens with zero attached hydrogens (tertiary/aromatic N) is 1. The van der Waals surface area contributed by atoms with Gasteiger partial charge in [0.15, 0.2) is 0 Å². The highest BCUT2D eigenvalue weighted by Crippen LogP contribution is 2.20. The molecule has 0 spiro atoms. The van der Waals surface area contributed by atoms with Crippen molar-refractivity contribution in [3.8, 4) is 5.75 Å². The Morgan fingerprint density at radius 1 is 1.31 bits per heavy atom. The molecule has 1 rings (SSSR count). The fraction of sp³-hybridized carbons (Fsp3) is 0.400. The fourth-order valence-electron chi connectivity index (χ4n) is 1.08. The number of benzene rings is 1. The van der Waals surface area contributed by atoms with Crippen molar-refractivity contribution in [2.45, 2.75) is 13.0 Å². The summed E-state index contributed by atoms with van der Waals surface area (Å²) in [4.78, 5) is 2.11. The van der Waals surface area contributed by atoms with Gasteiger partial charge in [0, 0.05) is 6.04 Å². The van der Waals surface area contributed by atoms with Crippen LogP contribution in [0, 0.1) is 0 Å². The zero-order chi connectivity index (χ0) is 9.14. The number of halogens is 1. The highest BCUT2D eigenvalue weighted by atomic mass is 35.5. The number of hydrogen-bond acceptors (Lipinski definition) is 2. The van der Waals surface area contributed by atoms with E-state index in [2.05, 4.69) is 11.8 Å². The molecule has 0 saturated carbocycles. The van der Waals surface area contributed by atoms with E-state index < -0.39 is 0 Å². The highest BCUT2D eigenvalue weighted by molar-refractivity contribution is 5.85. The van der Waals surface area contributed by atoms with Gasteiger partial charge in [-0.3, -0.25) is 0 Å². The quantitative estimate of drug-likeness (QED) is 0.795. The molecule has 0 aliphatic carbocycles. The molecule has 1 aromatic carbocycles. The Morgan fingerprint density at radius 3 is 2.38 bits per heavy atom. The van der Waals surface area contributed by atoms with Gasteiger partial charge in [-0.1, -0.05) is 12.1 Å². The molecule has 0 aromatic heterocycles. The second-order valence-electron chi connectivity index (χ2n) is 3.23. The lowest BCUT2D eigenvalue weighted by Gasteiger charge is -2.19. The summed E-state index contributed by atoms with van der Waals surface area (Å²) in [6.07, 6.45) is 0. The van der Waals surface area contributed by atoms with E-state index in [0.717, 1.165) is 5.56 Å². The molecule has 0 bridgehead atoms. The van der Waals surface area contributed by atoms with Crippen LogP contribution in [0.1, 0.15) is 18.5 Å². The van der Waals surface area contributed by atoms with E-state index in [-0.39, 0.29) is 12.4 Å². The lowest BCUT2D eigenvalue weighted by molar-refractivity contribution is 0.320. The predicted octanol–water partition coefficient (Wildman–Crippen LogP) is 2.44. The summed E-state index contributed by atoms with van der Waals surface area (Å²) in [6.45, 7) is 2.11. The Hall–Kier alpha value is -0.730. The molecule has 0 saturated heterocycles. The van der Waals surface area contributed by atoms with Crippen LogP contribution >= 0.6 is 12.4 Å². The molecule has 0 fully saturated rings. The lowest BCUT2D eigenvalue weighted by Crippen LogP contribution is -2.16. The van der Waals surface area contributed by atoms with Crippen LogP contribution in [0.25, 0.3) is 0 Å². The topological polar surface area (TPSA) is 23.5 Å². The van der Waals surface area contributed by atoms with Crippen LogP contribution in [0.4, 0.5) is 0 Å². The SMILES string of the molecule is C[C@@H](c1cccc(O)c1)N(C)C.Cl. The van der Waals surface area contributed by atoms with Crippen LogP contribution in [0.2, 0.25) is 0 Å². The van der Waals surface area contributed by atoms with Crippen molar-refractivity contribution >= 4 is 12.4 Å². The summed E-state index contributed by atoms with van der Waals surface area (Å²) in [6, 6.07) is 7.71. The smallest absolute Gasteiger partial charge is 0.115 e. The minimum atomic E-state index is 0. The second kappa shape index (κ2) is 5.10. The van der Waals surface area contributed by atoms with E-state index in [4.69, 9.17) is 0 Å². The van der Waals surface area contributed by atoms with Gasteiger partial charge in [0.2, 0.25) is 0 Å². The third kappa shape index (κ3) is 3.25. The molecular weight excluding hydrogens is 186 g/mol. The number of aromatic hydroxyl groups is 1. The normalized spacial score (nSPS) is 12.3. The van der Waals surface area contributed by atoms with Crippen LogP contribution in [-0.4, -0.2) is 24.1 Å². The molecule has 0 amide bonds. The van der Waals surface area contributed by atoms with Gasteiger partial charge in [0.05, 0.1) is 0 Å². The van der Waals surface area contributed by atoms with Crippen LogP contribution in [-0.2, 0) is 0 Å². The van der Waals surface area contributed by atoms with E-state index in [1.165, 1.54) is 0 Å². The standard InChI is InChI=1S/C10H15NO.ClH/c1-8(11(2)3)9-5-4-6-10(12)7-9;/h4-8,12H,1-3H3;1H/t8-;/m0./s1. The average Bonchev–Trinajstić information content (AvgIpc) is 2.03. The molecule has 2 nitrogen and oxygen atoms in total. The summed E-state index contributed by atoms with van der Waals surface area (Å²) in [7, 11) is 4.05. The van der Waals surface area contributed by atoms with Gasteiger partial charge in [-0.05, 0) is 38.7 Å². The molecule has 0 aliphatic rings. The minimum absolute atomic E-state index is 0. The first-order valence-electron chi connectivity index (χ1n) is 4.06. The Morgan fingerprint density at radius 2 is 1.92 bits per heavy atom. The Labute approximate surface area is 85.6 Å². The van der Waals surface area contributed by atoms with E-state index in [0.29, 0.717) is 11.8 Å². The van der Waals surface area contributed by atoms with Crippen molar-refractivity contribution in [2.24, 2.45) is 0 Å². The monoisotopic (exact) mass is 201 g/mol. The van der Waals surface area contributed by atoms with Crippen molar-refractivity contribution in [3.63, 3.8) is 0 Å². The zero-order valence-corrected chi connectivity index (χ0v) is 9.01. The van der Waals surface area contributed by atoms with Gasteiger partial charge in [0.1, 0.15) is 5.75 Å². The highest BCUT2D eigenvalue weighted by Gasteiger charge is 2.06. The van der Waals surface area contributed by atoms with Crippen molar-refractivity contribution < 1.29 is 5.11 Å². The first kappa shape index (κ1) is 12.3.